The average Bonchev–Trinajstić information content (AvgIpc) is 2.63. The van der Waals surface area contributed by atoms with Crippen LogP contribution in [0.3, 0.4) is 0 Å². The molecule has 0 N–H and O–H groups in total. The molecule has 0 bridgehead atoms. The number of nitro groups is 1. The molecule has 0 aliphatic heterocycles. The van der Waals surface area contributed by atoms with Crippen molar-refractivity contribution in [3.63, 3.8) is 0 Å². The van der Waals surface area contributed by atoms with Crippen LogP contribution >= 0.6 is 11.8 Å². The molecule has 0 unspecified atom stereocenters. The molecule has 0 fully saturated rings. The lowest BCUT2D eigenvalue weighted by Gasteiger charge is -1.97. The minimum absolute atomic E-state index is 0.211. The van der Waals surface area contributed by atoms with E-state index in [4.69, 9.17) is 4.42 Å². The maximum absolute atomic E-state index is 13.1. The third-order valence-corrected chi connectivity index (χ3v) is 2.59. The van der Waals surface area contributed by atoms with Crippen LogP contribution in [-0.4, -0.2) is 15.1 Å². The van der Waals surface area contributed by atoms with Gasteiger partial charge in [0, 0.05) is 17.9 Å². The smallest absolute Gasteiger partial charge is 0.281 e. The fraction of sp³-hybridized carbons (Fsp3) is 0.111. The molecule has 2 aromatic rings. The predicted molar refractivity (Wildman–Crippen MR) is 56.2 cm³/mol. The molecule has 6 nitrogen and oxygen atoms in total. The second-order valence-electron chi connectivity index (χ2n) is 3.09. The van der Waals surface area contributed by atoms with Gasteiger partial charge in [-0.15, -0.1) is 10.2 Å². The molecule has 1 heterocycles. The Hall–Kier alpha value is -1.96. The van der Waals surface area contributed by atoms with Gasteiger partial charge >= 0.3 is 0 Å². The van der Waals surface area contributed by atoms with Gasteiger partial charge in [-0.3, -0.25) is 10.1 Å². The lowest BCUT2D eigenvalue weighted by molar-refractivity contribution is -0.385. The average molecular weight is 255 g/mol. The molecule has 1 aromatic carbocycles. The molecule has 0 saturated heterocycles. The molecular formula is C9H6FN3O3S. The summed E-state index contributed by atoms with van der Waals surface area (Å²) < 4.78 is 18.2. The number of hydrogen-bond acceptors (Lipinski definition) is 6. The van der Waals surface area contributed by atoms with Crippen LogP contribution in [0.25, 0.3) is 0 Å². The number of nitrogens with zero attached hydrogens (tertiary/aromatic N) is 3. The number of aryl methyl sites for hydroxylation is 1. The van der Waals surface area contributed by atoms with Crippen molar-refractivity contribution >= 4 is 17.4 Å². The highest BCUT2D eigenvalue weighted by molar-refractivity contribution is 7.99. The summed E-state index contributed by atoms with van der Waals surface area (Å²) in [6, 6.07) is 3.26. The van der Waals surface area contributed by atoms with Crippen molar-refractivity contribution in [2.24, 2.45) is 0 Å². The van der Waals surface area contributed by atoms with Crippen LogP contribution in [0.4, 0.5) is 10.1 Å². The first-order valence-electron chi connectivity index (χ1n) is 4.47. The van der Waals surface area contributed by atoms with E-state index >= 15 is 0 Å². The summed E-state index contributed by atoms with van der Waals surface area (Å²) in [6.07, 6.45) is 0. The van der Waals surface area contributed by atoms with E-state index in [0.29, 0.717) is 10.8 Å². The molecule has 0 radical (unpaired) electrons. The van der Waals surface area contributed by atoms with E-state index in [-0.39, 0.29) is 10.9 Å². The largest absolute Gasteiger partial charge is 0.416 e. The van der Waals surface area contributed by atoms with Crippen LogP contribution in [0, 0.1) is 22.9 Å². The Morgan fingerprint density at radius 3 is 2.76 bits per heavy atom. The first-order chi connectivity index (χ1) is 8.04. The number of hydrogen-bond donors (Lipinski definition) is 0. The van der Waals surface area contributed by atoms with Crippen LogP contribution in [-0.2, 0) is 0 Å². The summed E-state index contributed by atoms with van der Waals surface area (Å²) in [4.78, 5) is 10.2. The fourth-order valence-corrected chi connectivity index (χ4v) is 1.93. The molecule has 2 rings (SSSR count). The summed E-state index contributed by atoms with van der Waals surface area (Å²) in [7, 11) is 0. The lowest BCUT2D eigenvalue weighted by Crippen LogP contribution is -1.89. The quantitative estimate of drug-likeness (QED) is 0.619. The first kappa shape index (κ1) is 11.5. The number of benzene rings is 1. The highest BCUT2D eigenvalue weighted by Crippen LogP contribution is 2.29. The molecule has 0 aliphatic rings. The van der Waals surface area contributed by atoms with Gasteiger partial charge in [-0.2, -0.15) is 0 Å². The molecule has 0 spiro atoms. The van der Waals surface area contributed by atoms with Gasteiger partial charge in [0.2, 0.25) is 5.89 Å². The number of aromatic nitrogens is 2. The van der Waals surface area contributed by atoms with Gasteiger partial charge in [0.05, 0.1) is 11.0 Å². The number of non-ortho nitro benzene ring substituents is 1. The Kier molecular flexibility index (Phi) is 3.05. The van der Waals surface area contributed by atoms with Gasteiger partial charge in [0.15, 0.2) is 0 Å². The monoisotopic (exact) mass is 255 g/mol. The molecular weight excluding hydrogens is 249 g/mol. The Labute approximate surface area is 99.0 Å². The lowest BCUT2D eigenvalue weighted by atomic mass is 10.3. The van der Waals surface area contributed by atoms with Crippen molar-refractivity contribution in [1.29, 1.82) is 0 Å². The maximum atomic E-state index is 13.1. The van der Waals surface area contributed by atoms with E-state index in [0.717, 1.165) is 23.9 Å². The fourth-order valence-electron chi connectivity index (χ4n) is 1.13. The van der Waals surface area contributed by atoms with Crippen molar-refractivity contribution in [3.8, 4) is 0 Å². The molecule has 0 atom stereocenters. The number of nitro benzene ring substituents is 1. The van der Waals surface area contributed by atoms with Crippen LogP contribution < -0.4 is 0 Å². The molecule has 17 heavy (non-hydrogen) atoms. The topological polar surface area (TPSA) is 82.1 Å². The Bertz CT molecular complexity index is 572. The first-order valence-corrected chi connectivity index (χ1v) is 5.29. The molecule has 0 aliphatic carbocycles. The van der Waals surface area contributed by atoms with Crippen LogP contribution in [0.5, 0.6) is 0 Å². The summed E-state index contributed by atoms with van der Waals surface area (Å²) in [5, 5.41) is 18.0. The number of halogens is 1. The van der Waals surface area contributed by atoms with Crippen molar-refractivity contribution in [1.82, 2.24) is 10.2 Å². The van der Waals surface area contributed by atoms with Gasteiger partial charge < -0.3 is 4.42 Å². The molecule has 1 aromatic heterocycles. The summed E-state index contributed by atoms with van der Waals surface area (Å²) >= 11 is 0.969. The minimum Gasteiger partial charge on any atom is -0.416 e. The second-order valence-corrected chi connectivity index (χ2v) is 4.12. The van der Waals surface area contributed by atoms with E-state index < -0.39 is 10.7 Å². The highest BCUT2D eigenvalue weighted by Gasteiger charge is 2.12. The van der Waals surface area contributed by atoms with Gasteiger partial charge in [-0.25, -0.2) is 4.39 Å². The minimum atomic E-state index is -0.682. The second kappa shape index (κ2) is 4.50. The third kappa shape index (κ3) is 2.78. The van der Waals surface area contributed by atoms with E-state index in [1.165, 1.54) is 6.07 Å². The Balaban J connectivity index is 2.29. The highest BCUT2D eigenvalue weighted by atomic mass is 32.2. The third-order valence-electron chi connectivity index (χ3n) is 1.78. The van der Waals surface area contributed by atoms with E-state index in [1.54, 1.807) is 6.92 Å². The van der Waals surface area contributed by atoms with Gasteiger partial charge in [0.1, 0.15) is 5.82 Å². The standard InChI is InChI=1S/C9H6FN3O3S/c1-5-11-12-9(16-5)17-8-3-6(10)2-7(4-8)13(14)15/h2-4H,1H3. The van der Waals surface area contributed by atoms with Crippen molar-refractivity contribution < 1.29 is 13.7 Å². The summed E-state index contributed by atoms with van der Waals surface area (Å²) in [5.74, 6) is -0.309. The molecule has 0 saturated carbocycles. The zero-order valence-electron chi connectivity index (χ0n) is 8.58. The van der Waals surface area contributed by atoms with E-state index in [1.807, 2.05) is 0 Å². The van der Waals surface area contributed by atoms with Crippen LogP contribution in [0.1, 0.15) is 5.89 Å². The van der Waals surface area contributed by atoms with Crippen LogP contribution in [0.2, 0.25) is 0 Å². The van der Waals surface area contributed by atoms with Crippen LogP contribution in [0.15, 0.2) is 32.7 Å². The zero-order valence-corrected chi connectivity index (χ0v) is 9.40. The molecule has 88 valence electrons. The molecule has 8 heteroatoms. The summed E-state index contributed by atoms with van der Waals surface area (Å²) in [5.41, 5.74) is -0.316. The van der Waals surface area contributed by atoms with Crippen molar-refractivity contribution in [2.45, 2.75) is 17.0 Å². The van der Waals surface area contributed by atoms with Gasteiger partial charge in [-0.05, 0) is 17.8 Å². The normalized spacial score (nSPS) is 10.5. The van der Waals surface area contributed by atoms with E-state index in [2.05, 4.69) is 10.2 Å². The summed E-state index contributed by atoms with van der Waals surface area (Å²) in [6.45, 7) is 1.62. The predicted octanol–water partition coefficient (Wildman–Crippen LogP) is 2.58. The van der Waals surface area contributed by atoms with Crippen molar-refractivity contribution in [3.05, 3.63) is 40.0 Å². The SMILES string of the molecule is Cc1nnc(Sc2cc(F)cc([N+](=O)[O-])c2)o1. The maximum Gasteiger partial charge on any atom is 0.281 e. The zero-order chi connectivity index (χ0) is 12.4. The van der Waals surface area contributed by atoms with Crippen molar-refractivity contribution in [2.75, 3.05) is 0 Å². The molecule has 0 amide bonds. The van der Waals surface area contributed by atoms with Gasteiger partial charge in [0.25, 0.3) is 10.9 Å². The number of rotatable bonds is 3. The Morgan fingerprint density at radius 1 is 1.41 bits per heavy atom. The van der Waals surface area contributed by atoms with E-state index in [9.17, 15) is 14.5 Å². The van der Waals surface area contributed by atoms with Gasteiger partial charge in [-0.1, -0.05) is 0 Å². The Morgan fingerprint density at radius 2 is 2.18 bits per heavy atom.